The molecule has 146 valence electrons. The van der Waals surface area contributed by atoms with Crippen LogP contribution in [-0.4, -0.2) is 65.9 Å². The van der Waals surface area contributed by atoms with E-state index in [0.717, 1.165) is 0 Å². The Morgan fingerprint density at radius 1 is 1.31 bits per heavy atom. The van der Waals surface area contributed by atoms with Gasteiger partial charge < -0.3 is 28.8 Å². The third-order valence-electron chi connectivity index (χ3n) is 4.29. The largest absolute Gasteiger partial charge is 0.396 e. The lowest BCUT2D eigenvalue weighted by atomic mass is 10.1. The Balaban J connectivity index is 1.94. The van der Waals surface area contributed by atoms with Crippen LogP contribution in [-0.2, 0) is 30.1 Å². The molecular weight excluding hydrogens is 348 g/mol. The lowest BCUT2D eigenvalue weighted by Crippen LogP contribution is -2.39. The summed E-state index contributed by atoms with van der Waals surface area (Å²) in [4.78, 5) is 26.3. The molecule has 2 fully saturated rings. The zero-order valence-electron chi connectivity index (χ0n) is 15.0. The Labute approximate surface area is 149 Å². The number of H-pyrrole nitrogens is 1. The summed E-state index contributed by atoms with van der Waals surface area (Å²) in [5.41, 5.74) is -0.804. The van der Waals surface area contributed by atoms with Crippen molar-refractivity contribution in [1.29, 1.82) is 0 Å². The van der Waals surface area contributed by atoms with Crippen LogP contribution in [0.1, 0.15) is 25.8 Å². The van der Waals surface area contributed by atoms with Gasteiger partial charge in [0.1, 0.15) is 25.1 Å². The molecule has 26 heavy (non-hydrogen) atoms. The number of methoxy groups -OCH3 is 1. The predicted octanol–water partition coefficient (Wildman–Crippen LogP) is -0.891. The number of hydrogen-bond acceptors (Lipinski definition) is 8. The van der Waals surface area contributed by atoms with Gasteiger partial charge in [0, 0.05) is 31.9 Å². The van der Waals surface area contributed by atoms with Crippen molar-refractivity contribution < 1.29 is 28.8 Å². The molecule has 0 bridgehead atoms. The zero-order valence-corrected chi connectivity index (χ0v) is 15.0. The fraction of sp³-hybridized carbons (Fsp3) is 0.750. The number of ether oxygens (including phenoxy) is 5. The molecule has 10 nitrogen and oxygen atoms in total. The van der Waals surface area contributed by atoms with Crippen LogP contribution in [0.4, 0.5) is 0 Å². The summed E-state index contributed by atoms with van der Waals surface area (Å²) < 4.78 is 29.4. The maximum Gasteiger partial charge on any atom is 0.330 e. The Hall–Kier alpha value is -1.56. The van der Waals surface area contributed by atoms with Gasteiger partial charge in [-0.1, -0.05) is 0 Å². The standard InChI is InChI=1S/C16H24N2O8/c1-16(2)25-12-10(7-23-8-22-3)24-14(13(12)26-16)18-9(4-5-19)6-11(20)17-15(18)21/h6,10,12-14,19H,4-5,7-8H2,1-3H3,(H,17,20,21)/t10-,12-,13-,14-/m1/s1. The van der Waals surface area contributed by atoms with Gasteiger partial charge in [-0.2, -0.15) is 0 Å². The molecule has 0 aromatic carbocycles. The molecule has 0 radical (unpaired) electrons. The van der Waals surface area contributed by atoms with Crippen LogP contribution in [0.2, 0.25) is 0 Å². The van der Waals surface area contributed by atoms with Crippen molar-refractivity contribution in [3.05, 3.63) is 32.6 Å². The molecule has 2 aliphatic heterocycles. The van der Waals surface area contributed by atoms with Crippen LogP contribution in [0.25, 0.3) is 0 Å². The predicted molar refractivity (Wildman–Crippen MR) is 87.7 cm³/mol. The molecule has 0 saturated carbocycles. The number of nitrogens with one attached hydrogen (secondary N) is 1. The van der Waals surface area contributed by atoms with Crippen molar-refractivity contribution in [2.24, 2.45) is 0 Å². The fourth-order valence-corrected chi connectivity index (χ4v) is 3.39. The number of aliphatic hydroxyl groups excluding tert-OH is 1. The minimum atomic E-state index is -0.847. The third-order valence-corrected chi connectivity index (χ3v) is 4.29. The summed E-state index contributed by atoms with van der Waals surface area (Å²) in [6.45, 7) is 3.63. The van der Waals surface area contributed by atoms with E-state index in [2.05, 4.69) is 4.98 Å². The van der Waals surface area contributed by atoms with Gasteiger partial charge in [0.05, 0.1) is 6.61 Å². The minimum Gasteiger partial charge on any atom is -0.396 e. The topological polar surface area (TPSA) is 121 Å². The number of fused-ring (bicyclic) bond motifs is 1. The molecule has 3 rings (SSSR count). The Kier molecular flexibility index (Phi) is 5.61. The Morgan fingerprint density at radius 2 is 2.04 bits per heavy atom. The molecule has 10 heteroatoms. The molecule has 4 atom stereocenters. The molecule has 0 amide bonds. The fourth-order valence-electron chi connectivity index (χ4n) is 3.39. The van der Waals surface area contributed by atoms with E-state index in [1.54, 1.807) is 13.8 Å². The smallest absolute Gasteiger partial charge is 0.330 e. The SMILES string of the molecule is COCOC[C@H]1O[C@@H](n2c(CCO)cc(=O)[nH]c2=O)[C@@H]2OC(C)(C)O[C@@H]21. The molecule has 1 aromatic rings. The molecule has 0 spiro atoms. The Bertz CT molecular complexity index is 743. The average molecular weight is 372 g/mol. The molecule has 0 aliphatic carbocycles. The highest BCUT2D eigenvalue weighted by molar-refractivity contribution is 5.07. The van der Waals surface area contributed by atoms with E-state index >= 15 is 0 Å². The van der Waals surface area contributed by atoms with Gasteiger partial charge in [0.25, 0.3) is 5.56 Å². The van der Waals surface area contributed by atoms with Crippen molar-refractivity contribution in [1.82, 2.24) is 9.55 Å². The van der Waals surface area contributed by atoms with E-state index in [4.69, 9.17) is 23.7 Å². The first-order valence-corrected chi connectivity index (χ1v) is 8.39. The minimum absolute atomic E-state index is 0.0977. The van der Waals surface area contributed by atoms with Gasteiger partial charge in [-0.05, 0) is 13.8 Å². The number of hydrogen-bond donors (Lipinski definition) is 2. The van der Waals surface area contributed by atoms with Gasteiger partial charge in [-0.15, -0.1) is 0 Å². The number of aromatic nitrogens is 2. The molecular formula is C16H24N2O8. The first kappa shape index (κ1) is 19.2. The summed E-state index contributed by atoms with van der Waals surface area (Å²) in [5.74, 6) is -0.847. The van der Waals surface area contributed by atoms with Crippen molar-refractivity contribution in [2.45, 2.75) is 50.6 Å². The van der Waals surface area contributed by atoms with E-state index in [1.165, 1.54) is 17.7 Å². The van der Waals surface area contributed by atoms with Crippen LogP contribution in [0.15, 0.2) is 15.7 Å². The summed E-state index contributed by atoms with van der Waals surface area (Å²) in [7, 11) is 1.51. The van der Waals surface area contributed by atoms with Crippen molar-refractivity contribution in [3.63, 3.8) is 0 Å². The molecule has 2 saturated heterocycles. The number of aromatic amines is 1. The third kappa shape index (κ3) is 3.75. The van der Waals surface area contributed by atoms with E-state index in [-0.39, 0.29) is 26.4 Å². The van der Waals surface area contributed by atoms with E-state index in [9.17, 15) is 14.7 Å². The highest BCUT2D eigenvalue weighted by Crippen LogP contribution is 2.42. The first-order valence-electron chi connectivity index (χ1n) is 8.39. The van der Waals surface area contributed by atoms with Gasteiger partial charge in [-0.25, -0.2) is 4.79 Å². The molecule has 2 N–H and O–H groups in total. The van der Waals surface area contributed by atoms with E-state index in [0.29, 0.717) is 5.69 Å². The average Bonchev–Trinajstić information content (AvgIpc) is 3.02. The van der Waals surface area contributed by atoms with Crippen LogP contribution in [0.5, 0.6) is 0 Å². The number of aliphatic hydroxyl groups is 1. The number of rotatable bonds is 7. The molecule has 3 heterocycles. The highest BCUT2D eigenvalue weighted by atomic mass is 16.8. The van der Waals surface area contributed by atoms with Crippen molar-refractivity contribution >= 4 is 0 Å². The van der Waals surface area contributed by atoms with Crippen LogP contribution in [0, 0.1) is 0 Å². The van der Waals surface area contributed by atoms with Gasteiger partial charge >= 0.3 is 5.69 Å². The number of nitrogens with zero attached hydrogens (tertiary/aromatic N) is 1. The van der Waals surface area contributed by atoms with Gasteiger partial charge in [0.2, 0.25) is 0 Å². The van der Waals surface area contributed by atoms with Crippen LogP contribution >= 0.6 is 0 Å². The molecule has 2 aliphatic rings. The lowest BCUT2D eigenvalue weighted by Gasteiger charge is -2.26. The zero-order chi connectivity index (χ0) is 18.9. The summed E-state index contributed by atoms with van der Waals surface area (Å²) >= 11 is 0. The van der Waals surface area contributed by atoms with Crippen LogP contribution in [0.3, 0.4) is 0 Å². The van der Waals surface area contributed by atoms with E-state index in [1.807, 2.05) is 0 Å². The van der Waals surface area contributed by atoms with Crippen LogP contribution < -0.4 is 11.2 Å². The second-order valence-corrected chi connectivity index (χ2v) is 6.68. The van der Waals surface area contributed by atoms with Gasteiger partial charge in [-0.3, -0.25) is 14.3 Å². The maximum absolute atomic E-state index is 12.4. The Morgan fingerprint density at radius 3 is 2.73 bits per heavy atom. The molecule has 0 unspecified atom stereocenters. The second-order valence-electron chi connectivity index (χ2n) is 6.68. The molecule has 1 aromatic heterocycles. The van der Waals surface area contributed by atoms with Gasteiger partial charge in [0.15, 0.2) is 12.0 Å². The highest BCUT2D eigenvalue weighted by Gasteiger charge is 2.56. The van der Waals surface area contributed by atoms with E-state index < -0.39 is 41.6 Å². The summed E-state index contributed by atoms with van der Waals surface area (Å²) in [6.07, 6.45) is -2.19. The second kappa shape index (κ2) is 7.59. The maximum atomic E-state index is 12.4. The normalized spacial score (nSPS) is 29.8. The quantitative estimate of drug-likeness (QED) is 0.467. The summed E-state index contributed by atoms with van der Waals surface area (Å²) in [5, 5.41) is 9.28. The van der Waals surface area contributed by atoms with Crippen molar-refractivity contribution in [2.75, 3.05) is 27.1 Å². The van der Waals surface area contributed by atoms with Crippen molar-refractivity contribution in [3.8, 4) is 0 Å². The first-order chi connectivity index (χ1) is 12.4. The lowest BCUT2D eigenvalue weighted by molar-refractivity contribution is -0.205. The monoisotopic (exact) mass is 372 g/mol. The summed E-state index contributed by atoms with van der Waals surface area (Å²) in [6, 6.07) is 1.27.